The van der Waals surface area contributed by atoms with Gasteiger partial charge in [-0.2, -0.15) is 0 Å². The van der Waals surface area contributed by atoms with E-state index in [2.05, 4.69) is 15.6 Å². The molecule has 0 saturated heterocycles. The lowest BCUT2D eigenvalue weighted by atomic mass is 10.1. The number of methoxy groups -OCH3 is 1. The number of rotatable bonds is 8. The lowest BCUT2D eigenvalue weighted by Crippen LogP contribution is -2.20. The fourth-order valence-corrected chi connectivity index (χ4v) is 3.20. The monoisotopic (exact) mass is 411 g/mol. The van der Waals surface area contributed by atoms with Gasteiger partial charge >= 0.3 is 0 Å². The van der Waals surface area contributed by atoms with Gasteiger partial charge < -0.3 is 14.8 Å². The van der Waals surface area contributed by atoms with Gasteiger partial charge in [0.25, 0.3) is 5.91 Å². The van der Waals surface area contributed by atoms with Gasteiger partial charge in [0, 0.05) is 24.4 Å². The van der Waals surface area contributed by atoms with Crippen molar-refractivity contribution in [3.63, 3.8) is 0 Å². The molecule has 0 bridgehead atoms. The highest BCUT2D eigenvalue weighted by Gasteiger charge is 2.09. The fourth-order valence-electron chi connectivity index (χ4n) is 2.46. The molecule has 0 saturated carbocycles. The molecular formula is C21H21N3O4S. The van der Waals surface area contributed by atoms with Crippen LogP contribution in [0.15, 0.2) is 53.9 Å². The maximum absolute atomic E-state index is 12.1. The maximum atomic E-state index is 12.1. The number of nitrogens with zero attached hydrogens (tertiary/aromatic N) is 1. The summed E-state index contributed by atoms with van der Waals surface area (Å²) >= 11 is 1.35. The minimum Gasteiger partial charge on any atom is -0.497 e. The molecule has 0 fully saturated rings. The predicted octanol–water partition coefficient (Wildman–Crippen LogP) is 3.47. The smallest absolute Gasteiger partial charge is 0.264 e. The largest absolute Gasteiger partial charge is 0.497 e. The van der Waals surface area contributed by atoms with E-state index in [9.17, 15) is 9.59 Å². The lowest BCUT2D eigenvalue weighted by molar-refractivity contribution is -0.119. The van der Waals surface area contributed by atoms with Crippen molar-refractivity contribution in [1.29, 1.82) is 0 Å². The van der Waals surface area contributed by atoms with Gasteiger partial charge in [-0.05, 0) is 29.8 Å². The zero-order chi connectivity index (χ0) is 20.6. The Morgan fingerprint density at radius 3 is 2.38 bits per heavy atom. The van der Waals surface area contributed by atoms with Gasteiger partial charge in [0.2, 0.25) is 5.91 Å². The van der Waals surface area contributed by atoms with Crippen LogP contribution in [0.4, 0.5) is 5.13 Å². The van der Waals surface area contributed by atoms with Crippen LogP contribution in [0, 0.1) is 0 Å². The first-order valence-electron chi connectivity index (χ1n) is 8.89. The van der Waals surface area contributed by atoms with Crippen LogP contribution in [0.3, 0.4) is 0 Å². The van der Waals surface area contributed by atoms with Gasteiger partial charge in [0.05, 0.1) is 12.8 Å². The van der Waals surface area contributed by atoms with E-state index >= 15 is 0 Å². The van der Waals surface area contributed by atoms with Gasteiger partial charge in [0.15, 0.2) is 11.7 Å². The van der Waals surface area contributed by atoms with Gasteiger partial charge in [-0.15, -0.1) is 11.3 Å². The SMILES string of the molecule is COc1ccc(OCC(=O)Nc2nc(-c3ccc(CNC(C)=O)cc3)cs2)cc1. The summed E-state index contributed by atoms with van der Waals surface area (Å²) in [5.74, 6) is 0.956. The Morgan fingerprint density at radius 1 is 1.03 bits per heavy atom. The number of ether oxygens (including phenoxy) is 2. The number of anilines is 1. The van der Waals surface area contributed by atoms with Crippen LogP contribution in [-0.2, 0) is 16.1 Å². The van der Waals surface area contributed by atoms with E-state index < -0.39 is 0 Å². The Bertz CT molecular complexity index is 968. The molecule has 1 heterocycles. The highest BCUT2D eigenvalue weighted by molar-refractivity contribution is 7.14. The van der Waals surface area contributed by atoms with E-state index in [1.807, 2.05) is 29.6 Å². The second kappa shape index (κ2) is 9.70. The van der Waals surface area contributed by atoms with Crippen molar-refractivity contribution in [3.8, 4) is 22.8 Å². The predicted molar refractivity (Wildman–Crippen MR) is 112 cm³/mol. The number of benzene rings is 2. The van der Waals surface area contributed by atoms with Crippen molar-refractivity contribution in [2.45, 2.75) is 13.5 Å². The van der Waals surface area contributed by atoms with Crippen molar-refractivity contribution in [2.75, 3.05) is 19.0 Å². The molecule has 29 heavy (non-hydrogen) atoms. The highest BCUT2D eigenvalue weighted by atomic mass is 32.1. The summed E-state index contributed by atoms with van der Waals surface area (Å²) in [5.41, 5.74) is 2.71. The molecule has 0 aliphatic rings. The molecule has 0 aliphatic heterocycles. The number of carbonyl (C=O) groups is 2. The molecule has 2 aromatic carbocycles. The molecule has 0 spiro atoms. The number of hydrogen-bond donors (Lipinski definition) is 2. The topological polar surface area (TPSA) is 89.6 Å². The minimum absolute atomic E-state index is 0.0649. The van der Waals surface area contributed by atoms with Crippen molar-refractivity contribution in [1.82, 2.24) is 10.3 Å². The first kappa shape index (κ1) is 20.3. The summed E-state index contributed by atoms with van der Waals surface area (Å²) in [4.78, 5) is 27.5. The Labute approximate surface area is 172 Å². The van der Waals surface area contributed by atoms with Gasteiger partial charge in [-0.25, -0.2) is 4.98 Å². The van der Waals surface area contributed by atoms with Crippen LogP contribution < -0.4 is 20.1 Å². The van der Waals surface area contributed by atoms with Crippen molar-refractivity contribution >= 4 is 28.3 Å². The van der Waals surface area contributed by atoms with Crippen LogP contribution in [-0.4, -0.2) is 30.5 Å². The van der Waals surface area contributed by atoms with E-state index in [0.29, 0.717) is 17.4 Å². The summed E-state index contributed by atoms with van der Waals surface area (Å²) in [6, 6.07) is 14.8. The van der Waals surface area contributed by atoms with Crippen LogP contribution in [0.1, 0.15) is 12.5 Å². The second-order valence-corrected chi connectivity index (χ2v) is 7.02. The zero-order valence-corrected chi connectivity index (χ0v) is 16.9. The molecular weight excluding hydrogens is 390 g/mol. The molecule has 3 aromatic rings. The standard InChI is InChI=1S/C21H21N3O4S/c1-14(25)22-11-15-3-5-16(6-4-15)19-13-29-21(23-19)24-20(26)12-28-18-9-7-17(27-2)8-10-18/h3-10,13H,11-12H2,1-2H3,(H,22,25)(H,23,24,26). The average molecular weight is 411 g/mol. The molecule has 0 aliphatic carbocycles. The van der Waals surface area contributed by atoms with E-state index in [-0.39, 0.29) is 18.4 Å². The molecule has 2 N–H and O–H groups in total. The van der Waals surface area contributed by atoms with Crippen molar-refractivity contribution in [2.24, 2.45) is 0 Å². The lowest BCUT2D eigenvalue weighted by Gasteiger charge is -2.06. The third kappa shape index (κ3) is 6.05. The molecule has 2 amide bonds. The second-order valence-electron chi connectivity index (χ2n) is 6.16. The van der Waals surface area contributed by atoms with Gasteiger partial charge in [-0.1, -0.05) is 24.3 Å². The van der Waals surface area contributed by atoms with E-state index in [4.69, 9.17) is 9.47 Å². The number of amides is 2. The van der Waals surface area contributed by atoms with Crippen molar-refractivity contribution in [3.05, 3.63) is 59.5 Å². The Balaban J connectivity index is 1.52. The quantitative estimate of drug-likeness (QED) is 0.592. The van der Waals surface area contributed by atoms with Crippen LogP contribution in [0.5, 0.6) is 11.5 Å². The third-order valence-electron chi connectivity index (χ3n) is 3.97. The molecule has 3 rings (SSSR count). The van der Waals surface area contributed by atoms with E-state index in [1.165, 1.54) is 18.3 Å². The molecule has 150 valence electrons. The molecule has 7 nitrogen and oxygen atoms in total. The van der Waals surface area contributed by atoms with E-state index in [1.54, 1.807) is 31.4 Å². The van der Waals surface area contributed by atoms with Crippen molar-refractivity contribution < 1.29 is 19.1 Å². The summed E-state index contributed by atoms with van der Waals surface area (Å²) in [5, 5.41) is 7.88. The molecule has 1 aromatic heterocycles. The molecule has 0 radical (unpaired) electrons. The average Bonchev–Trinajstić information content (AvgIpc) is 3.20. The van der Waals surface area contributed by atoms with Gasteiger partial charge in [-0.3, -0.25) is 14.9 Å². The first-order chi connectivity index (χ1) is 14.0. The summed E-state index contributed by atoms with van der Waals surface area (Å²) < 4.78 is 10.5. The Morgan fingerprint density at radius 2 is 1.72 bits per heavy atom. The number of carbonyl (C=O) groups excluding carboxylic acids is 2. The van der Waals surface area contributed by atoms with Crippen LogP contribution in [0.25, 0.3) is 11.3 Å². The Hall–Kier alpha value is -3.39. The van der Waals surface area contributed by atoms with Gasteiger partial charge in [0.1, 0.15) is 11.5 Å². The first-order valence-corrected chi connectivity index (χ1v) is 9.77. The highest BCUT2D eigenvalue weighted by Crippen LogP contribution is 2.25. The molecule has 8 heteroatoms. The van der Waals surface area contributed by atoms with E-state index in [0.717, 1.165) is 22.6 Å². The third-order valence-corrected chi connectivity index (χ3v) is 4.73. The maximum Gasteiger partial charge on any atom is 0.264 e. The molecule has 0 unspecified atom stereocenters. The summed E-state index contributed by atoms with van der Waals surface area (Å²) in [6.45, 7) is 1.86. The minimum atomic E-state index is -0.285. The fraction of sp³-hybridized carbons (Fsp3) is 0.190. The number of aromatic nitrogens is 1. The zero-order valence-electron chi connectivity index (χ0n) is 16.1. The number of nitrogens with one attached hydrogen (secondary N) is 2. The normalized spacial score (nSPS) is 10.3. The van der Waals surface area contributed by atoms with Crippen LogP contribution in [0.2, 0.25) is 0 Å². The summed E-state index contributed by atoms with van der Waals surface area (Å²) in [6.07, 6.45) is 0. The molecule has 0 atom stereocenters. The number of hydrogen-bond acceptors (Lipinski definition) is 6. The number of thiazole rings is 1. The Kier molecular flexibility index (Phi) is 6.80. The summed E-state index contributed by atoms with van der Waals surface area (Å²) in [7, 11) is 1.59. The van der Waals surface area contributed by atoms with Crippen LogP contribution >= 0.6 is 11.3 Å².